The lowest BCUT2D eigenvalue weighted by Crippen LogP contribution is -2.49. The standard InChI is InChI=1S/C25H33N5O3/c1-3-4-11-27-13-15-29(16-14-27)24(31)21-18-28(12-8-17-33-2)19-22-23(21)26-30(25(22)32)20-9-6-5-7-10-20/h5-7,9-10,18-19H,3-4,8,11-17H2,1-2H3. The Kier molecular flexibility index (Phi) is 7.57. The number of unbranched alkanes of at least 4 members (excludes halogenated alkanes) is 1. The third-order valence-electron chi connectivity index (χ3n) is 6.21. The summed E-state index contributed by atoms with van der Waals surface area (Å²) in [7, 11) is 1.67. The minimum Gasteiger partial charge on any atom is -0.385 e. The molecule has 8 heteroatoms. The molecule has 176 valence electrons. The number of pyridine rings is 1. The Morgan fingerprint density at radius 1 is 1.03 bits per heavy atom. The molecule has 0 saturated carbocycles. The van der Waals surface area contributed by atoms with E-state index >= 15 is 0 Å². The fourth-order valence-electron chi connectivity index (χ4n) is 4.31. The summed E-state index contributed by atoms with van der Waals surface area (Å²) in [6, 6.07) is 9.33. The van der Waals surface area contributed by atoms with Crippen molar-refractivity contribution in [2.24, 2.45) is 0 Å². The van der Waals surface area contributed by atoms with Gasteiger partial charge in [0.25, 0.3) is 11.5 Å². The van der Waals surface area contributed by atoms with E-state index in [4.69, 9.17) is 4.74 Å². The lowest BCUT2D eigenvalue weighted by Gasteiger charge is -2.35. The topological polar surface area (TPSA) is 72.6 Å². The number of ether oxygens (including phenoxy) is 1. The molecule has 1 amide bonds. The number of aryl methyl sites for hydroxylation is 1. The summed E-state index contributed by atoms with van der Waals surface area (Å²) >= 11 is 0. The van der Waals surface area contributed by atoms with Crippen LogP contribution in [0.1, 0.15) is 36.5 Å². The number of fused-ring (bicyclic) bond motifs is 1. The second kappa shape index (κ2) is 10.8. The fraction of sp³-hybridized carbons (Fsp3) is 0.480. The van der Waals surface area contributed by atoms with Crippen molar-refractivity contribution in [3.63, 3.8) is 0 Å². The van der Waals surface area contributed by atoms with Gasteiger partial charge in [0.2, 0.25) is 0 Å². The van der Waals surface area contributed by atoms with Gasteiger partial charge < -0.3 is 14.2 Å². The molecule has 3 heterocycles. The summed E-state index contributed by atoms with van der Waals surface area (Å²) in [4.78, 5) is 31.1. The molecular formula is C25H33N5O3. The number of carbonyl (C=O) groups excluding carboxylic acids is 1. The molecule has 0 aliphatic carbocycles. The van der Waals surface area contributed by atoms with Gasteiger partial charge in [-0.1, -0.05) is 31.5 Å². The number of rotatable bonds is 9. The number of methoxy groups -OCH3 is 1. The van der Waals surface area contributed by atoms with E-state index in [0.29, 0.717) is 48.7 Å². The van der Waals surface area contributed by atoms with Gasteiger partial charge in [-0.05, 0) is 31.5 Å². The molecule has 0 aromatic heterocycles. The quantitative estimate of drug-likeness (QED) is 0.468. The molecule has 4 rings (SSSR count). The van der Waals surface area contributed by atoms with Crippen molar-refractivity contribution < 1.29 is 9.53 Å². The van der Waals surface area contributed by atoms with E-state index in [2.05, 4.69) is 16.9 Å². The SMILES string of the molecule is CCCCN1CCN(C(=O)c2cn(CCCOC)cc3c(=O)n(-c4ccccc4)nc2-3)CC1. The van der Waals surface area contributed by atoms with E-state index in [1.165, 1.54) is 17.5 Å². The lowest BCUT2D eigenvalue weighted by atomic mass is 10.1. The van der Waals surface area contributed by atoms with Crippen molar-refractivity contribution >= 4 is 5.91 Å². The van der Waals surface area contributed by atoms with Gasteiger partial charge in [0.15, 0.2) is 0 Å². The van der Waals surface area contributed by atoms with E-state index in [-0.39, 0.29) is 11.5 Å². The first-order valence-electron chi connectivity index (χ1n) is 11.8. The molecule has 33 heavy (non-hydrogen) atoms. The van der Waals surface area contributed by atoms with Crippen LogP contribution in [-0.4, -0.2) is 76.5 Å². The second-order valence-electron chi connectivity index (χ2n) is 8.56. The first-order chi connectivity index (χ1) is 16.1. The van der Waals surface area contributed by atoms with Gasteiger partial charge in [-0.2, -0.15) is 9.78 Å². The van der Waals surface area contributed by atoms with Crippen LogP contribution in [-0.2, 0) is 11.3 Å². The Balaban J connectivity index is 1.66. The maximum atomic E-state index is 13.6. The van der Waals surface area contributed by atoms with Gasteiger partial charge in [0, 0.05) is 58.8 Å². The van der Waals surface area contributed by atoms with Crippen LogP contribution in [0.4, 0.5) is 0 Å². The highest BCUT2D eigenvalue weighted by atomic mass is 16.5. The molecule has 1 aromatic rings. The van der Waals surface area contributed by atoms with Crippen molar-refractivity contribution in [1.29, 1.82) is 0 Å². The normalized spacial score (nSPS) is 14.8. The van der Waals surface area contributed by atoms with Crippen LogP contribution in [0.2, 0.25) is 0 Å². The summed E-state index contributed by atoms with van der Waals surface area (Å²) in [6.45, 7) is 7.67. The van der Waals surface area contributed by atoms with Crippen LogP contribution < -0.4 is 5.56 Å². The molecule has 3 aliphatic heterocycles. The summed E-state index contributed by atoms with van der Waals surface area (Å²) in [5.74, 6) is -0.0612. The van der Waals surface area contributed by atoms with Gasteiger partial charge in [-0.3, -0.25) is 14.5 Å². The van der Waals surface area contributed by atoms with Crippen LogP contribution in [0, 0.1) is 0 Å². The number of piperazine rings is 1. The van der Waals surface area contributed by atoms with E-state index in [1.54, 1.807) is 13.3 Å². The van der Waals surface area contributed by atoms with Gasteiger partial charge in [0.1, 0.15) is 5.69 Å². The highest BCUT2D eigenvalue weighted by Crippen LogP contribution is 2.24. The summed E-state index contributed by atoms with van der Waals surface area (Å²) in [5, 5.41) is 4.60. The van der Waals surface area contributed by atoms with Crippen molar-refractivity contribution in [2.45, 2.75) is 32.7 Å². The van der Waals surface area contributed by atoms with Crippen molar-refractivity contribution in [3.05, 3.63) is 58.6 Å². The van der Waals surface area contributed by atoms with Crippen LogP contribution in [0.15, 0.2) is 47.5 Å². The van der Waals surface area contributed by atoms with Crippen molar-refractivity contribution in [3.8, 4) is 16.9 Å². The third kappa shape index (κ3) is 5.17. The Morgan fingerprint density at radius 2 is 1.79 bits per heavy atom. The Bertz CT molecular complexity index is 1080. The van der Waals surface area contributed by atoms with Crippen molar-refractivity contribution in [1.82, 2.24) is 24.1 Å². The number of benzene rings is 1. The largest absolute Gasteiger partial charge is 0.385 e. The molecule has 1 fully saturated rings. The van der Waals surface area contributed by atoms with Crippen molar-refractivity contribution in [2.75, 3.05) is 46.4 Å². The maximum Gasteiger partial charge on any atom is 0.282 e. The van der Waals surface area contributed by atoms with Crippen LogP contribution in [0.3, 0.4) is 0 Å². The number of para-hydroxylation sites is 1. The summed E-state index contributed by atoms with van der Waals surface area (Å²) in [5.41, 5.74) is 1.89. The molecule has 3 aliphatic rings. The number of carbonyl (C=O) groups is 1. The average molecular weight is 452 g/mol. The number of hydrogen-bond acceptors (Lipinski definition) is 5. The average Bonchev–Trinajstić information content (AvgIpc) is 3.19. The monoisotopic (exact) mass is 451 g/mol. The molecule has 0 bridgehead atoms. The van der Waals surface area contributed by atoms with E-state index in [1.807, 2.05) is 46.0 Å². The smallest absolute Gasteiger partial charge is 0.282 e. The van der Waals surface area contributed by atoms with E-state index in [0.717, 1.165) is 26.1 Å². The third-order valence-corrected chi connectivity index (χ3v) is 6.21. The van der Waals surface area contributed by atoms with E-state index < -0.39 is 0 Å². The number of nitrogens with zero attached hydrogens (tertiary/aromatic N) is 5. The molecule has 0 radical (unpaired) electrons. The lowest BCUT2D eigenvalue weighted by molar-refractivity contribution is 0.0635. The van der Waals surface area contributed by atoms with Gasteiger partial charge in [-0.15, -0.1) is 0 Å². The van der Waals surface area contributed by atoms with Gasteiger partial charge >= 0.3 is 0 Å². The summed E-state index contributed by atoms with van der Waals surface area (Å²) in [6.07, 6.45) is 6.78. The molecule has 1 saturated heterocycles. The minimum absolute atomic E-state index is 0.0612. The minimum atomic E-state index is -0.212. The maximum absolute atomic E-state index is 13.6. The highest BCUT2D eigenvalue weighted by Gasteiger charge is 2.29. The van der Waals surface area contributed by atoms with Gasteiger partial charge in [0.05, 0.1) is 16.8 Å². The zero-order valence-corrected chi connectivity index (χ0v) is 19.6. The Labute approximate surface area is 194 Å². The summed E-state index contributed by atoms with van der Waals surface area (Å²) < 4.78 is 8.49. The van der Waals surface area contributed by atoms with Crippen LogP contribution in [0.25, 0.3) is 16.9 Å². The number of aromatic nitrogens is 3. The molecular weight excluding hydrogens is 418 g/mol. The van der Waals surface area contributed by atoms with E-state index in [9.17, 15) is 9.59 Å². The molecule has 0 N–H and O–H groups in total. The molecule has 0 atom stereocenters. The second-order valence-corrected chi connectivity index (χ2v) is 8.56. The molecule has 0 unspecified atom stereocenters. The molecule has 0 spiro atoms. The number of amides is 1. The van der Waals surface area contributed by atoms with Gasteiger partial charge in [-0.25, -0.2) is 0 Å². The first-order valence-corrected chi connectivity index (χ1v) is 11.8. The zero-order chi connectivity index (χ0) is 23.2. The molecule has 8 nitrogen and oxygen atoms in total. The first kappa shape index (κ1) is 23.2. The predicted molar refractivity (Wildman–Crippen MR) is 128 cm³/mol. The highest BCUT2D eigenvalue weighted by molar-refractivity contribution is 6.00. The van der Waals surface area contributed by atoms with Crippen LogP contribution in [0.5, 0.6) is 0 Å². The molecule has 1 aromatic carbocycles. The Morgan fingerprint density at radius 3 is 2.48 bits per heavy atom. The number of hydrogen-bond donors (Lipinski definition) is 0. The zero-order valence-electron chi connectivity index (χ0n) is 19.6. The fourth-order valence-corrected chi connectivity index (χ4v) is 4.31. The Hall–Kier alpha value is -2.97. The predicted octanol–water partition coefficient (Wildman–Crippen LogP) is 2.73. The van der Waals surface area contributed by atoms with Crippen LogP contribution >= 0.6 is 0 Å².